The molecule has 1 fully saturated rings. The molecule has 1 heteroatoms. The smallest absolute Gasteiger partial charge is 0.0236 e. The van der Waals surface area contributed by atoms with E-state index in [0.29, 0.717) is 0 Å². The summed E-state index contributed by atoms with van der Waals surface area (Å²) in [5.41, 5.74) is 4.69. The van der Waals surface area contributed by atoms with Gasteiger partial charge in [0.25, 0.3) is 0 Å². The minimum atomic E-state index is 0.987. The van der Waals surface area contributed by atoms with E-state index in [1.54, 1.807) is 11.1 Å². The molecule has 1 heterocycles. The number of hydrogen-bond acceptors (Lipinski definition) is 1. The Morgan fingerprint density at radius 2 is 2.00 bits per heavy atom. The molecule has 0 spiro atoms. The predicted octanol–water partition coefficient (Wildman–Crippen LogP) is 3.80. The summed E-state index contributed by atoms with van der Waals surface area (Å²) in [4.78, 5) is 2.69. The Kier molecular flexibility index (Phi) is 3.69. The molecule has 18 heavy (non-hydrogen) atoms. The van der Waals surface area contributed by atoms with Crippen molar-refractivity contribution in [3.05, 3.63) is 34.9 Å². The van der Waals surface area contributed by atoms with Crippen LogP contribution < -0.4 is 0 Å². The highest BCUT2D eigenvalue weighted by Gasteiger charge is 2.21. The van der Waals surface area contributed by atoms with E-state index in [1.807, 2.05) is 0 Å². The third-order valence-corrected chi connectivity index (χ3v) is 4.76. The summed E-state index contributed by atoms with van der Waals surface area (Å²) >= 11 is 0. The summed E-state index contributed by atoms with van der Waals surface area (Å²) < 4.78 is 0. The van der Waals surface area contributed by atoms with Crippen molar-refractivity contribution in [3.63, 3.8) is 0 Å². The molecule has 0 unspecified atom stereocenters. The van der Waals surface area contributed by atoms with E-state index >= 15 is 0 Å². The SMILES string of the molecule is CCc1ccc2c(c1)CN(CC1CCCC1)CC2. The summed E-state index contributed by atoms with van der Waals surface area (Å²) in [6.45, 7) is 6.06. The zero-order valence-electron chi connectivity index (χ0n) is 11.6. The second-order valence-corrected chi connectivity index (χ2v) is 6.09. The quantitative estimate of drug-likeness (QED) is 0.780. The monoisotopic (exact) mass is 243 g/mol. The van der Waals surface area contributed by atoms with Crippen LogP contribution in [-0.2, 0) is 19.4 Å². The average Bonchev–Trinajstić information content (AvgIpc) is 2.90. The maximum atomic E-state index is 2.69. The number of fused-ring (bicyclic) bond motifs is 1. The molecule has 1 aromatic carbocycles. The molecule has 2 aliphatic rings. The van der Waals surface area contributed by atoms with Gasteiger partial charge in [-0.15, -0.1) is 0 Å². The zero-order valence-corrected chi connectivity index (χ0v) is 11.6. The molecule has 0 amide bonds. The number of nitrogens with zero attached hydrogens (tertiary/aromatic N) is 1. The van der Waals surface area contributed by atoms with Crippen LogP contribution in [0.1, 0.15) is 49.3 Å². The first-order valence-electron chi connectivity index (χ1n) is 7.68. The summed E-state index contributed by atoms with van der Waals surface area (Å²) in [7, 11) is 0. The summed E-state index contributed by atoms with van der Waals surface area (Å²) in [6.07, 6.45) is 8.29. The summed E-state index contributed by atoms with van der Waals surface area (Å²) in [5, 5.41) is 0. The maximum Gasteiger partial charge on any atom is 0.0236 e. The lowest BCUT2D eigenvalue weighted by atomic mass is 9.95. The zero-order chi connectivity index (χ0) is 12.4. The van der Waals surface area contributed by atoms with Gasteiger partial charge in [0.15, 0.2) is 0 Å². The first kappa shape index (κ1) is 12.2. The van der Waals surface area contributed by atoms with Crippen LogP contribution in [0.15, 0.2) is 18.2 Å². The van der Waals surface area contributed by atoms with Crippen molar-refractivity contribution in [2.75, 3.05) is 13.1 Å². The third-order valence-electron chi connectivity index (χ3n) is 4.76. The molecule has 1 nitrogen and oxygen atoms in total. The van der Waals surface area contributed by atoms with Crippen molar-refractivity contribution in [2.45, 2.75) is 52.0 Å². The normalized spacial score (nSPS) is 21.2. The van der Waals surface area contributed by atoms with Gasteiger partial charge in [0.1, 0.15) is 0 Å². The molecule has 1 aromatic rings. The second kappa shape index (κ2) is 5.44. The first-order valence-corrected chi connectivity index (χ1v) is 7.68. The van der Waals surface area contributed by atoms with Crippen molar-refractivity contribution < 1.29 is 0 Å². The van der Waals surface area contributed by atoms with Gasteiger partial charge in [0.05, 0.1) is 0 Å². The molecule has 3 rings (SSSR count). The van der Waals surface area contributed by atoms with Crippen LogP contribution in [-0.4, -0.2) is 18.0 Å². The molecule has 1 aliphatic heterocycles. The van der Waals surface area contributed by atoms with Gasteiger partial charge in [-0.3, -0.25) is 4.90 Å². The van der Waals surface area contributed by atoms with Crippen LogP contribution in [0, 0.1) is 5.92 Å². The van der Waals surface area contributed by atoms with Gasteiger partial charge in [0, 0.05) is 19.6 Å². The molecule has 0 saturated heterocycles. The van der Waals surface area contributed by atoms with E-state index in [0.717, 1.165) is 12.3 Å². The van der Waals surface area contributed by atoms with E-state index in [4.69, 9.17) is 0 Å². The van der Waals surface area contributed by atoms with Gasteiger partial charge in [-0.25, -0.2) is 0 Å². The standard InChI is InChI=1S/C17H25N/c1-2-14-7-8-16-9-10-18(13-17(16)11-14)12-15-5-3-4-6-15/h7-8,11,15H,2-6,9-10,12-13H2,1H3. The highest BCUT2D eigenvalue weighted by molar-refractivity contribution is 5.33. The highest BCUT2D eigenvalue weighted by Crippen LogP contribution is 2.28. The Morgan fingerprint density at radius 1 is 1.17 bits per heavy atom. The predicted molar refractivity (Wildman–Crippen MR) is 76.8 cm³/mol. The molecule has 0 radical (unpaired) electrons. The topological polar surface area (TPSA) is 3.24 Å². The van der Waals surface area contributed by atoms with Gasteiger partial charge >= 0.3 is 0 Å². The molecule has 98 valence electrons. The van der Waals surface area contributed by atoms with E-state index in [1.165, 1.54) is 57.3 Å². The lowest BCUT2D eigenvalue weighted by Gasteiger charge is -2.31. The van der Waals surface area contributed by atoms with Gasteiger partial charge in [-0.1, -0.05) is 38.0 Å². The van der Waals surface area contributed by atoms with Crippen molar-refractivity contribution >= 4 is 0 Å². The van der Waals surface area contributed by atoms with Crippen molar-refractivity contribution in [2.24, 2.45) is 5.92 Å². The van der Waals surface area contributed by atoms with Crippen LogP contribution in [0.3, 0.4) is 0 Å². The fourth-order valence-electron chi connectivity index (χ4n) is 3.60. The van der Waals surface area contributed by atoms with E-state index < -0.39 is 0 Å². The summed E-state index contributed by atoms with van der Waals surface area (Å²) in [5.74, 6) is 0.987. The van der Waals surface area contributed by atoms with Crippen molar-refractivity contribution in [1.82, 2.24) is 4.90 Å². The molecular formula is C17H25N. The first-order chi connectivity index (χ1) is 8.85. The Hall–Kier alpha value is -0.820. The van der Waals surface area contributed by atoms with Gasteiger partial charge in [0.2, 0.25) is 0 Å². The Balaban J connectivity index is 1.67. The van der Waals surface area contributed by atoms with Crippen LogP contribution in [0.5, 0.6) is 0 Å². The number of rotatable bonds is 3. The molecule has 1 aliphatic carbocycles. The molecular weight excluding hydrogens is 218 g/mol. The van der Waals surface area contributed by atoms with Gasteiger partial charge < -0.3 is 0 Å². The molecule has 1 saturated carbocycles. The Labute approximate surface area is 111 Å². The van der Waals surface area contributed by atoms with E-state index in [9.17, 15) is 0 Å². The lowest BCUT2D eigenvalue weighted by Crippen LogP contribution is -2.34. The van der Waals surface area contributed by atoms with Crippen LogP contribution >= 0.6 is 0 Å². The van der Waals surface area contributed by atoms with Crippen molar-refractivity contribution in [1.29, 1.82) is 0 Å². The number of aryl methyl sites for hydroxylation is 1. The molecule has 0 atom stereocenters. The summed E-state index contributed by atoms with van der Waals surface area (Å²) in [6, 6.07) is 7.11. The molecule has 0 N–H and O–H groups in total. The van der Waals surface area contributed by atoms with Gasteiger partial charge in [-0.2, -0.15) is 0 Å². The fourth-order valence-corrected chi connectivity index (χ4v) is 3.60. The minimum absolute atomic E-state index is 0.987. The minimum Gasteiger partial charge on any atom is -0.298 e. The van der Waals surface area contributed by atoms with Crippen LogP contribution in [0.25, 0.3) is 0 Å². The Morgan fingerprint density at radius 3 is 2.78 bits per heavy atom. The van der Waals surface area contributed by atoms with E-state index in [2.05, 4.69) is 30.0 Å². The number of hydrogen-bond donors (Lipinski definition) is 0. The fraction of sp³-hybridized carbons (Fsp3) is 0.647. The second-order valence-electron chi connectivity index (χ2n) is 6.09. The lowest BCUT2D eigenvalue weighted by molar-refractivity contribution is 0.215. The molecule has 0 bridgehead atoms. The highest BCUT2D eigenvalue weighted by atomic mass is 15.1. The average molecular weight is 243 g/mol. The van der Waals surface area contributed by atoms with Crippen LogP contribution in [0.2, 0.25) is 0 Å². The van der Waals surface area contributed by atoms with E-state index in [-0.39, 0.29) is 0 Å². The molecule has 0 aromatic heterocycles. The number of benzene rings is 1. The Bertz CT molecular complexity index is 404. The van der Waals surface area contributed by atoms with Gasteiger partial charge in [-0.05, 0) is 48.3 Å². The third kappa shape index (κ3) is 2.61. The van der Waals surface area contributed by atoms with Crippen molar-refractivity contribution in [3.8, 4) is 0 Å². The maximum absolute atomic E-state index is 2.69. The van der Waals surface area contributed by atoms with Crippen LogP contribution in [0.4, 0.5) is 0 Å². The largest absolute Gasteiger partial charge is 0.298 e.